The fourth-order valence-electron chi connectivity index (χ4n) is 1.24. The summed E-state index contributed by atoms with van der Waals surface area (Å²) < 4.78 is 4.79. The largest absolute Gasteiger partial charge is 0.445 e. The number of amides is 1. The van der Waals surface area contributed by atoms with Crippen LogP contribution in [0.25, 0.3) is 0 Å². The molecule has 1 aliphatic rings. The quantitative estimate of drug-likeness (QED) is 0.660. The highest BCUT2D eigenvalue weighted by Gasteiger charge is 2.42. The summed E-state index contributed by atoms with van der Waals surface area (Å²) in [6.07, 6.45) is 1.81. The fourth-order valence-corrected chi connectivity index (χ4v) is 1.24. The van der Waals surface area contributed by atoms with E-state index in [1.54, 1.807) is 0 Å². The van der Waals surface area contributed by atoms with Gasteiger partial charge in [0.15, 0.2) is 0 Å². The summed E-state index contributed by atoms with van der Waals surface area (Å²) in [5, 5.41) is 9.59. The van der Waals surface area contributed by atoms with Gasteiger partial charge in [-0.3, -0.25) is 0 Å². The van der Waals surface area contributed by atoms with Gasteiger partial charge in [0.1, 0.15) is 6.61 Å². The molecule has 4 nitrogen and oxygen atoms in total. The second-order valence-electron chi connectivity index (χ2n) is 3.30. The third-order valence-electron chi connectivity index (χ3n) is 2.21. The van der Waals surface area contributed by atoms with Crippen molar-refractivity contribution in [1.29, 1.82) is 0 Å². The number of rotatable bonds is 3. The molecule has 0 spiro atoms. The van der Waals surface area contributed by atoms with Crippen LogP contribution < -0.4 is 0 Å². The van der Waals surface area contributed by atoms with Gasteiger partial charge in [0, 0.05) is 0 Å². The van der Waals surface area contributed by atoms with Gasteiger partial charge >= 0.3 is 6.09 Å². The van der Waals surface area contributed by atoms with Crippen LogP contribution in [0.1, 0.15) is 13.3 Å². The summed E-state index contributed by atoms with van der Waals surface area (Å²) in [6.45, 7) is 6.30. The van der Waals surface area contributed by atoms with Crippen LogP contribution in [0, 0.1) is 0 Å². The minimum atomic E-state index is -0.687. The molecule has 0 aliphatic carbocycles. The van der Waals surface area contributed by atoms with Gasteiger partial charge in [0.05, 0.1) is 18.7 Å². The number of β-amino-alcohol motifs (C(OH)–C–C–N with tert-alkyl or cyclic N) is 1. The lowest BCUT2D eigenvalue weighted by Crippen LogP contribution is -2.63. The van der Waals surface area contributed by atoms with Crippen LogP contribution in [0.15, 0.2) is 12.7 Å². The van der Waals surface area contributed by atoms with Gasteiger partial charge in [-0.2, -0.15) is 0 Å². The zero-order valence-electron chi connectivity index (χ0n) is 7.82. The Balaban J connectivity index is 2.26. The molecule has 1 N–H and O–H groups in total. The molecule has 0 aromatic carbocycles. The molecule has 13 heavy (non-hydrogen) atoms. The van der Waals surface area contributed by atoms with Crippen molar-refractivity contribution in [3.63, 3.8) is 0 Å². The van der Waals surface area contributed by atoms with Gasteiger partial charge in [0.25, 0.3) is 0 Å². The van der Waals surface area contributed by atoms with E-state index in [0.29, 0.717) is 19.5 Å². The molecule has 1 aliphatic heterocycles. The van der Waals surface area contributed by atoms with Crippen LogP contribution in [0.4, 0.5) is 4.79 Å². The highest BCUT2D eigenvalue weighted by Crippen LogP contribution is 2.24. The minimum absolute atomic E-state index is 0.222. The predicted octanol–water partition coefficient (Wildman–Crippen LogP) is 0.766. The van der Waals surface area contributed by atoms with Crippen molar-refractivity contribution in [1.82, 2.24) is 4.90 Å². The van der Waals surface area contributed by atoms with Crippen molar-refractivity contribution in [3.8, 4) is 0 Å². The van der Waals surface area contributed by atoms with Gasteiger partial charge in [0.2, 0.25) is 0 Å². The second kappa shape index (κ2) is 3.79. The highest BCUT2D eigenvalue weighted by atomic mass is 16.6. The predicted molar refractivity (Wildman–Crippen MR) is 48.4 cm³/mol. The first-order valence-corrected chi connectivity index (χ1v) is 4.36. The summed E-state index contributed by atoms with van der Waals surface area (Å²) in [5.41, 5.74) is -0.687. The zero-order valence-corrected chi connectivity index (χ0v) is 7.82. The minimum Gasteiger partial charge on any atom is -0.445 e. The number of ether oxygens (including phenoxy) is 1. The normalized spacial score (nSPS) is 19.1. The molecule has 0 radical (unpaired) electrons. The fraction of sp³-hybridized carbons (Fsp3) is 0.667. The summed E-state index contributed by atoms with van der Waals surface area (Å²) in [6, 6.07) is 0. The van der Waals surface area contributed by atoms with Crippen LogP contribution in [-0.2, 0) is 4.74 Å². The molecule has 0 aromatic heterocycles. The number of hydrogen-bond acceptors (Lipinski definition) is 3. The van der Waals surface area contributed by atoms with Gasteiger partial charge in [-0.1, -0.05) is 19.6 Å². The average Bonchev–Trinajstić information content (AvgIpc) is 2.09. The van der Waals surface area contributed by atoms with E-state index in [4.69, 9.17) is 4.74 Å². The molecule has 1 heterocycles. The Hall–Kier alpha value is -1.03. The van der Waals surface area contributed by atoms with E-state index in [2.05, 4.69) is 6.58 Å². The number of carbonyl (C=O) groups excluding carboxylic acids is 1. The first kappa shape index (κ1) is 10.1. The van der Waals surface area contributed by atoms with Gasteiger partial charge < -0.3 is 14.7 Å². The van der Waals surface area contributed by atoms with Crippen LogP contribution >= 0.6 is 0 Å². The lowest BCUT2D eigenvalue weighted by molar-refractivity contribution is -0.0893. The monoisotopic (exact) mass is 185 g/mol. The van der Waals surface area contributed by atoms with Crippen molar-refractivity contribution < 1.29 is 14.6 Å². The van der Waals surface area contributed by atoms with E-state index in [1.165, 1.54) is 11.0 Å². The summed E-state index contributed by atoms with van der Waals surface area (Å²) in [4.78, 5) is 12.6. The smallest absolute Gasteiger partial charge is 0.410 e. The Labute approximate surface area is 77.8 Å². The third-order valence-corrected chi connectivity index (χ3v) is 2.21. The highest BCUT2D eigenvalue weighted by molar-refractivity contribution is 5.69. The van der Waals surface area contributed by atoms with Crippen molar-refractivity contribution in [2.24, 2.45) is 0 Å². The molecule has 74 valence electrons. The number of aliphatic hydroxyl groups is 1. The topological polar surface area (TPSA) is 49.8 Å². The molecule has 1 fully saturated rings. The maximum Gasteiger partial charge on any atom is 0.410 e. The molecule has 0 unspecified atom stereocenters. The lowest BCUT2D eigenvalue weighted by atomic mass is 9.92. The average molecular weight is 185 g/mol. The van der Waals surface area contributed by atoms with Crippen LogP contribution in [-0.4, -0.2) is 41.4 Å². The van der Waals surface area contributed by atoms with Crippen molar-refractivity contribution >= 4 is 6.09 Å². The van der Waals surface area contributed by atoms with Crippen LogP contribution in [0.3, 0.4) is 0 Å². The zero-order chi connectivity index (χ0) is 9.90. The van der Waals surface area contributed by atoms with E-state index in [9.17, 15) is 9.90 Å². The third kappa shape index (κ3) is 2.21. The SMILES string of the molecule is C=CCOC(=O)N1CC(O)(CC)C1. The van der Waals surface area contributed by atoms with Crippen molar-refractivity contribution in [2.45, 2.75) is 18.9 Å². The van der Waals surface area contributed by atoms with Gasteiger partial charge in [-0.05, 0) is 6.42 Å². The van der Waals surface area contributed by atoms with Gasteiger partial charge in [-0.15, -0.1) is 0 Å². The molecule has 0 aromatic rings. The van der Waals surface area contributed by atoms with Crippen LogP contribution in [0.2, 0.25) is 0 Å². The molecule has 1 rings (SSSR count). The Kier molecular flexibility index (Phi) is 2.93. The summed E-state index contributed by atoms with van der Waals surface area (Å²) >= 11 is 0. The van der Waals surface area contributed by atoms with E-state index in [1.807, 2.05) is 6.92 Å². The summed E-state index contributed by atoms with van der Waals surface area (Å²) in [7, 11) is 0. The van der Waals surface area contributed by atoms with Crippen molar-refractivity contribution in [2.75, 3.05) is 19.7 Å². The molecule has 4 heteroatoms. The molecule has 0 atom stereocenters. The molecule has 0 saturated carbocycles. The second-order valence-corrected chi connectivity index (χ2v) is 3.30. The first-order valence-electron chi connectivity index (χ1n) is 4.36. The maximum absolute atomic E-state index is 11.1. The van der Waals surface area contributed by atoms with E-state index < -0.39 is 5.60 Å². The lowest BCUT2D eigenvalue weighted by Gasteiger charge is -2.45. The molecular weight excluding hydrogens is 170 g/mol. The number of nitrogens with zero attached hydrogens (tertiary/aromatic N) is 1. The molecule has 0 bridgehead atoms. The Bertz CT molecular complexity index is 209. The number of hydrogen-bond donors (Lipinski definition) is 1. The van der Waals surface area contributed by atoms with E-state index in [-0.39, 0.29) is 12.7 Å². The first-order chi connectivity index (χ1) is 6.11. The summed E-state index contributed by atoms with van der Waals surface area (Å²) in [5.74, 6) is 0. The Morgan fingerprint density at radius 2 is 2.38 bits per heavy atom. The Morgan fingerprint density at radius 1 is 1.77 bits per heavy atom. The number of carbonyl (C=O) groups is 1. The standard InChI is InChI=1S/C9H15NO3/c1-3-5-13-8(11)10-6-9(12,4-2)7-10/h3,12H,1,4-7H2,2H3. The number of likely N-dealkylation sites (tertiary alicyclic amines) is 1. The molecule has 1 saturated heterocycles. The Morgan fingerprint density at radius 3 is 2.85 bits per heavy atom. The van der Waals surface area contributed by atoms with E-state index in [0.717, 1.165) is 0 Å². The molecular formula is C9H15NO3. The van der Waals surface area contributed by atoms with Gasteiger partial charge in [-0.25, -0.2) is 4.79 Å². The maximum atomic E-state index is 11.1. The van der Waals surface area contributed by atoms with Crippen molar-refractivity contribution in [3.05, 3.63) is 12.7 Å². The molecule has 1 amide bonds. The van der Waals surface area contributed by atoms with E-state index >= 15 is 0 Å². The van der Waals surface area contributed by atoms with Crippen LogP contribution in [0.5, 0.6) is 0 Å².